The van der Waals surface area contributed by atoms with Gasteiger partial charge in [-0.25, -0.2) is 0 Å². The highest BCUT2D eigenvalue weighted by molar-refractivity contribution is 6.33. The largest absolute Gasteiger partial charge is 0.456 e. The number of benzene rings is 3. The molecule has 3 aromatic rings. The molecule has 0 aliphatic rings. The van der Waals surface area contributed by atoms with Gasteiger partial charge in [-0.15, -0.1) is 0 Å². The molecule has 1 amide bonds. The van der Waals surface area contributed by atoms with E-state index in [9.17, 15) is 9.59 Å². The second kappa shape index (κ2) is 9.72. The fourth-order valence-electron chi connectivity index (χ4n) is 2.92. The van der Waals surface area contributed by atoms with Gasteiger partial charge in [0.15, 0.2) is 6.61 Å². The van der Waals surface area contributed by atoms with Gasteiger partial charge < -0.3 is 10.1 Å². The molecular weight excluding hydrogens is 374 g/mol. The van der Waals surface area contributed by atoms with Crippen molar-refractivity contribution in [2.24, 2.45) is 0 Å². The first-order valence-electron chi connectivity index (χ1n) is 8.93. The number of halogens is 1. The van der Waals surface area contributed by atoms with E-state index in [1.54, 1.807) is 24.3 Å². The lowest BCUT2D eigenvalue weighted by atomic mass is 9.89. The van der Waals surface area contributed by atoms with Gasteiger partial charge in [-0.1, -0.05) is 84.4 Å². The van der Waals surface area contributed by atoms with Gasteiger partial charge in [0.05, 0.1) is 17.1 Å². The van der Waals surface area contributed by atoms with Crippen molar-refractivity contribution in [1.29, 1.82) is 0 Å². The summed E-state index contributed by atoms with van der Waals surface area (Å²) in [4.78, 5) is 24.4. The number of ether oxygens (including phenoxy) is 1. The lowest BCUT2D eigenvalue weighted by Gasteiger charge is -2.17. The third kappa shape index (κ3) is 5.44. The molecule has 0 radical (unpaired) electrons. The van der Waals surface area contributed by atoms with Crippen LogP contribution in [0.25, 0.3) is 0 Å². The first kappa shape index (κ1) is 19.6. The van der Waals surface area contributed by atoms with E-state index in [4.69, 9.17) is 16.3 Å². The number of amides is 1. The predicted octanol–water partition coefficient (Wildman–Crippen LogP) is 5.04. The SMILES string of the molecule is O=C(COC(=O)CC(c1ccccc1)c1ccccc1)Nc1ccccc1Cl. The van der Waals surface area contributed by atoms with Gasteiger partial charge >= 0.3 is 5.97 Å². The Morgan fingerprint density at radius 3 is 1.93 bits per heavy atom. The van der Waals surface area contributed by atoms with Gasteiger partial charge in [0.2, 0.25) is 0 Å². The summed E-state index contributed by atoms with van der Waals surface area (Å²) >= 11 is 6.01. The molecule has 0 unspecified atom stereocenters. The Balaban J connectivity index is 1.61. The number of rotatable bonds is 7. The zero-order valence-electron chi connectivity index (χ0n) is 15.2. The molecule has 28 heavy (non-hydrogen) atoms. The molecule has 5 heteroatoms. The fourth-order valence-corrected chi connectivity index (χ4v) is 3.10. The van der Waals surface area contributed by atoms with Crippen molar-refractivity contribution < 1.29 is 14.3 Å². The Kier molecular flexibility index (Phi) is 6.82. The summed E-state index contributed by atoms with van der Waals surface area (Å²) in [6.45, 7) is -0.361. The van der Waals surface area contributed by atoms with Crippen LogP contribution in [0.2, 0.25) is 5.02 Å². The molecule has 0 saturated heterocycles. The minimum Gasteiger partial charge on any atom is -0.456 e. The van der Waals surface area contributed by atoms with E-state index in [0.29, 0.717) is 10.7 Å². The maximum Gasteiger partial charge on any atom is 0.307 e. The van der Waals surface area contributed by atoms with E-state index in [1.165, 1.54) is 0 Å². The van der Waals surface area contributed by atoms with E-state index in [2.05, 4.69) is 5.32 Å². The highest BCUT2D eigenvalue weighted by atomic mass is 35.5. The molecule has 0 aliphatic heterocycles. The zero-order valence-corrected chi connectivity index (χ0v) is 15.9. The summed E-state index contributed by atoms with van der Waals surface area (Å²) in [5.41, 5.74) is 2.52. The topological polar surface area (TPSA) is 55.4 Å². The summed E-state index contributed by atoms with van der Waals surface area (Å²) in [6, 6.07) is 26.4. The van der Waals surface area contributed by atoms with Crippen molar-refractivity contribution in [1.82, 2.24) is 0 Å². The molecule has 4 nitrogen and oxygen atoms in total. The van der Waals surface area contributed by atoms with E-state index in [1.807, 2.05) is 60.7 Å². The van der Waals surface area contributed by atoms with Gasteiger partial charge in [-0.2, -0.15) is 0 Å². The molecule has 3 aromatic carbocycles. The van der Waals surface area contributed by atoms with Gasteiger partial charge in [0.25, 0.3) is 5.91 Å². The van der Waals surface area contributed by atoms with Gasteiger partial charge in [-0.3, -0.25) is 9.59 Å². The standard InChI is InChI=1S/C23H20ClNO3/c24-20-13-7-8-14-21(20)25-22(26)16-28-23(27)15-19(17-9-3-1-4-10-17)18-11-5-2-6-12-18/h1-14,19H,15-16H2,(H,25,26). The molecule has 0 atom stereocenters. The third-order valence-electron chi connectivity index (χ3n) is 4.29. The lowest BCUT2D eigenvalue weighted by molar-refractivity contribution is -0.147. The van der Waals surface area contributed by atoms with E-state index in [0.717, 1.165) is 11.1 Å². The van der Waals surface area contributed by atoms with Crippen molar-refractivity contribution in [3.05, 3.63) is 101 Å². The maximum atomic E-state index is 12.4. The van der Waals surface area contributed by atoms with Crippen LogP contribution in [0, 0.1) is 0 Å². The van der Waals surface area contributed by atoms with Crippen LogP contribution in [0.15, 0.2) is 84.9 Å². The summed E-state index contributed by atoms with van der Waals surface area (Å²) in [6.07, 6.45) is 0.146. The zero-order chi connectivity index (χ0) is 19.8. The third-order valence-corrected chi connectivity index (χ3v) is 4.62. The smallest absolute Gasteiger partial charge is 0.307 e. The Morgan fingerprint density at radius 2 is 1.36 bits per heavy atom. The summed E-state index contributed by atoms with van der Waals surface area (Å²) < 4.78 is 5.20. The van der Waals surface area contributed by atoms with Crippen LogP contribution >= 0.6 is 11.6 Å². The molecule has 3 rings (SSSR count). The second-order valence-corrected chi connectivity index (χ2v) is 6.67. The summed E-state index contributed by atoms with van der Waals surface area (Å²) in [7, 11) is 0. The monoisotopic (exact) mass is 393 g/mol. The molecular formula is C23H20ClNO3. The van der Waals surface area contributed by atoms with Crippen LogP contribution in [0.3, 0.4) is 0 Å². The van der Waals surface area contributed by atoms with E-state index >= 15 is 0 Å². The van der Waals surface area contributed by atoms with Gasteiger partial charge in [-0.05, 0) is 23.3 Å². The van der Waals surface area contributed by atoms with Crippen molar-refractivity contribution in [2.45, 2.75) is 12.3 Å². The van der Waals surface area contributed by atoms with Crippen LogP contribution < -0.4 is 5.32 Å². The van der Waals surface area contributed by atoms with Gasteiger partial charge in [0.1, 0.15) is 0 Å². The fraction of sp³-hybridized carbons (Fsp3) is 0.130. The Bertz CT molecular complexity index is 889. The summed E-state index contributed by atoms with van der Waals surface area (Å²) in [5.74, 6) is -1.01. The second-order valence-electron chi connectivity index (χ2n) is 6.27. The Labute approximate surface area is 169 Å². The molecule has 0 bridgehead atoms. The number of para-hydroxylation sites is 1. The lowest BCUT2D eigenvalue weighted by Crippen LogP contribution is -2.22. The molecule has 0 fully saturated rings. The van der Waals surface area contributed by atoms with E-state index < -0.39 is 11.9 Å². The molecule has 0 aromatic heterocycles. The first-order chi connectivity index (χ1) is 13.6. The molecule has 1 N–H and O–H groups in total. The highest BCUT2D eigenvalue weighted by Crippen LogP contribution is 2.28. The average Bonchev–Trinajstić information content (AvgIpc) is 2.73. The van der Waals surface area contributed by atoms with Crippen molar-refractivity contribution >= 4 is 29.2 Å². The van der Waals surface area contributed by atoms with Gasteiger partial charge in [0, 0.05) is 5.92 Å². The Hall–Kier alpha value is -3.11. The number of hydrogen-bond donors (Lipinski definition) is 1. The average molecular weight is 394 g/mol. The number of anilines is 1. The number of carbonyl (C=O) groups excluding carboxylic acids is 2. The predicted molar refractivity (Wildman–Crippen MR) is 110 cm³/mol. The first-order valence-corrected chi connectivity index (χ1v) is 9.31. The molecule has 0 heterocycles. The van der Waals surface area contributed by atoms with Crippen LogP contribution in [0.5, 0.6) is 0 Å². The number of esters is 1. The Morgan fingerprint density at radius 1 is 0.821 bits per heavy atom. The van der Waals surface area contributed by atoms with Crippen LogP contribution in [0.1, 0.15) is 23.5 Å². The van der Waals surface area contributed by atoms with Crippen molar-refractivity contribution in [2.75, 3.05) is 11.9 Å². The highest BCUT2D eigenvalue weighted by Gasteiger charge is 2.19. The molecule has 142 valence electrons. The normalized spacial score (nSPS) is 10.5. The van der Waals surface area contributed by atoms with Crippen molar-refractivity contribution in [3.8, 4) is 0 Å². The molecule has 0 aliphatic carbocycles. The quantitative estimate of drug-likeness (QED) is 0.572. The number of carbonyl (C=O) groups is 2. The molecule has 0 spiro atoms. The number of nitrogens with one attached hydrogen (secondary N) is 1. The van der Waals surface area contributed by atoms with Crippen LogP contribution in [-0.4, -0.2) is 18.5 Å². The minimum absolute atomic E-state index is 0.137. The molecule has 0 saturated carbocycles. The minimum atomic E-state index is -0.438. The summed E-state index contributed by atoms with van der Waals surface area (Å²) in [5, 5.41) is 3.06. The number of hydrogen-bond acceptors (Lipinski definition) is 3. The van der Waals surface area contributed by atoms with Crippen LogP contribution in [-0.2, 0) is 14.3 Å². The maximum absolute atomic E-state index is 12.4. The van der Waals surface area contributed by atoms with E-state index in [-0.39, 0.29) is 18.9 Å². The van der Waals surface area contributed by atoms with Crippen LogP contribution in [0.4, 0.5) is 5.69 Å². The van der Waals surface area contributed by atoms with Crippen molar-refractivity contribution in [3.63, 3.8) is 0 Å².